The van der Waals surface area contributed by atoms with E-state index in [0.717, 1.165) is 24.2 Å². The second-order valence-electron chi connectivity index (χ2n) is 4.71. The Hall–Kier alpha value is -1.80. The highest BCUT2D eigenvalue weighted by Crippen LogP contribution is 2.30. The Bertz CT molecular complexity index is 636. The zero-order valence-electron chi connectivity index (χ0n) is 10.4. The Morgan fingerprint density at radius 1 is 1.05 bits per heavy atom. The van der Waals surface area contributed by atoms with E-state index in [0.29, 0.717) is 5.56 Å². The lowest BCUT2D eigenvalue weighted by Crippen LogP contribution is -2.02. The van der Waals surface area contributed by atoms with Gasteiger partial charge in [-0.1, -0.05) is 18.2 Å². The number of benzene rings is 2. The van der Waals surface area contributed by atoms with Crippen molar-refractivity contribution in [3.05, 3.63) is 59.2 Å². The van der Waals surface area contributed by atoms with E-state index in [4.69, 9.17) is 11.6 Å². The van der Waals surface area contributed by atoms with Crippen LogP contribution in [0.5, 0.6) is 0 Å². The normalized spacial score (nSPS) is 12.9. The average Bonchev–Trinajstić information content (AvgIpc) is 2.64. The van der Waals surface area contributed by atoms with E-state index in [1.54, 1.807) is 0 Å². The van der Waals surface area contributed by atoms with Crippen LogP contribution in [0.4, 0.5) is 11.4 Å². The molecule has 0 aromatic heterocycles. The summed E-state index contributed by atoms with van der Waals surface area (Å²) in [6.45, 7) is 0. The molecule has 0 radical (unpaired) electrons. The molecular weight excluding hydrogens is 258 g/mol. The van der Waals surface area contributed by atoms with Crippen LogP contribution in [0.25, 0.3) is 0 Å². The van der Waals surface area contributed by atoms with Crippen LogP contribution >= 0.6 is 11.6 Å². The summed E-state index contributed by atoms with van der Waals surface area (Å²) in [5.74, 6) is 0.0122. The van der Waals surface area contributed by atoms with E-state index in [-0.39, 0.29) is 11.7 Å². The first-order chi connectivity index (χ1) is 9.28. The standard InChI is InChI=1S/C16H14ClNO/c17-10-16(19)13-7-8-15-12(9-13)6-5-11-3-1-2-4-14(11)18-15/h1-4,7-9,18H,5-6,10H2. The number of anilines is 2. The van der Waals surface area contributed by atoms with Crippen LogP contribution in [0.2, 0.25) is 0 Å². The fourth-order valence-electron chi connectivity index (χ4n) is 2.45. The van der Waals surface area contributed by atoms with Crippen LogP contribution < -0.4 is 5.32 Å². The molecule has 96 valence electrons. The van der Waals surface area contributed by atoms with Crippen molar-refractivity contribution < 1.29 is 4.79 Å². The van der Waals surface area contributed by atoms with Crippen molar-refractivity contribution in [3.63, 3.8) is 0 Å². The maximum atomic E-state index is 11.7. The third-order valence-electron chi connectivity index (χ3n) is 3.50. The van der Waals surface area contributed by atoms with Crippen LogP contribution in [0, 0.1) is 0 Å². The van der Waals surface area contributed by atoms with E-state index < -0.39 is 0 Å². The van der Waals surface area contributed by atoms with Crippen LogP contribution in [0.3, 0.4) is 0 Å². The maximum absolute atomic E-state index is 11.7. The Morgan fingerprint density at radius 3 is 2.63 bits per heavy atom. The molecule has 0 unspecified atom stereocenters. The zero-order chi connectivity index (χ0) is 13.2. The molecule has 0 bridgehead atoms. The van der Waals surface area contributed by atoms with Crippen LogP contribution in [0.1, 0.15) is 21.5 Å². The highest BCUT2D eigenvalue weighted by molar-refractivity contribution is 6.30. The zero-order valence-corrected chi connectivity index (χ0v) is 11.2. The van der Waals surface area contributed by atoms with Gasteiger partial charge in [0.05, 0.1) is 5.88 Å². The van der Waals surface area contributed by atoms with E-state index in [1.807, 2.05) is 24.3 Å². The van der Waals surface area contributed by atoms with E-state index in [2.05, 4.69) is 23.5 Å². The molecule has 1 heterocycles. The lowest BCUT2D eigenvalue weighted by Gasteiger charge is -2.10. The molecule has 0 atom stereocenters. The summed E-state index contributed by atoms with van der Waals surface area (Å²) in [6, 6.07) is 14.1. The number of rotatable bonds is 2. The van der Waals surface area contributed by atoms with Gasteiger partial charge in [-0.25, -0.2) is 0 Å². The number of para-hydroxylation sites is 1. The van der Waals surface area contributed by atoms with Gasteiger partial charge in [0.15, 0.2) is 5.78 Å². The highest BCUT2D eigenvalue weighted by atomic mass is 35.5. The van der Waals surface area contributed by atoms with Gasteiger partial charge >= 0.3 is 0 Å². The molecule has 2 aromatic rings. The van der Waals surface area contributed by atoms with Crippen molar-refractivity contribution in [1.29, 1.82) is 0 Å². The number of fused-ring (bicyclic) bond motifs is 2. The molecule has 1 aliphatic rings. The summed E-state index contributed by atoms with van der Waals surface area (Å²) in [6.07, 6.45) is 1.91. The topological polar surface area (TPSA) is 29.1 Å². The minimum atomic E-state index is -0.0220. The largest absolute Gasteiger partial charge is 0.355 e. The molecule has 0 aliphatic carbocycles. The number of Topliss-reactive ketones (excluding diaryl/α,β-unsaturated/α-hetero) is 1. The van der Waals surface area contributed by atoms with Crippen molar-refractivity contribution >= 4 is 28.8 Å². The van der Waals surface area contributed by atoms with Gasteiger partial charge in [0.25, 0.3) is 0 Å². The van der Waals surface area contributed by atoms with E-state index >= 15 is 0 Å². The van der Waals surface area contributed by atoms with Crippen molar-refractivity contribution in [2.75, 3.05) is 11.2 Å². The van der Waals surface area contributed by atoms with Crippen LogP contribution in [-0.4, -0.2) is 11.7 Å². The number of carbonyl (C=O) groups is 1. The Labute approximate surface area is 117 Å². The van der Waals surface area contributed by atoms with Gasteiger partial charge in [-0.3, -0.25) is 4.79 Å². The highest BCUT2D eigenvalue weighted by Gasteiger charge is 2.14. The molecule has 0 fully saturated rings. The van der Waals surface area contributed by atoms with Crippen molar-refractivity contribution in [2.24, 2.45) is 0 Å². The first-order valence-corrected chi connectivity index (χ1v) is 6.88. The molecule has 0 saturated carbocycles. The minimum Gasteiger partial charge on any atom is -0.355 e. The molecule has 1 aliphatic heterocycles. The number of hydrogen-bond acceptors (Lipinski definition) is 2. The third kappa shape index (κ3) is 2.36. The molecule has 2 aromatic carbocycles. The number of ketones is 1. The van der Waals surface area contributed by atoms with Gasteiger partial charge < -0.3 is 5.32 Å². The summed E-state index contributed by atoms with van der Waals surface area (Å²) in [5, 5.41) is 3.44. The smallest absolute Gasteiger partial charge is 0.177 e. The number of carbonyl (C=O) groups excluding carboxylic acids is 1. The summed E-state index contributed by atoms with van der Waals surface area (Å²) >= 11 is 5.61. The molecule has 3 rings (SSSR count). The Balaban J connectivity index is 1.99. The molecule has 19 heavy (non-hydrogen) atoms. The predicted molar refractivity (Wildman–Crippen MR) is 78.6 cm³/mol. The van der Waals surface area contributed by atoms with Crippen molar-refractivity contribution in [2.45, 2.75) is 12.8 Å². The molecule has 0 saturated heterocycles. The van der Waals surface area contributed by atoms with Crippen LogP contribution in [0.15, 0.2) is 42.5 Å². The maximum Gasteiger partial charge on any atom is 0.177 e. The molecule has 0 spiro atoms. The first kappa shape index (κ1) is 12.2. The van der Waals surface area contributed by atoms with Crippen molar-refractivity contribution in [3.8, 4) is 0 Å². The summed E-state index contributed by atoms with van der Waals surface area (Å²) < 4.78 is 0. The molecule has 1 N–H and O–H groups in total. The molecule has 2 nitrogen and oxygen atoms in total. The molecular formula is C16H14ClNO. The van der Waals surface area contributed by atoms with Gasteiger partial charge in [-0.15, -0.1) is 11.6 Å². The van der Waals surface area contributed by atoms with Gasteiger partial charge in [-0.2, -0.15) is 0 Å². The van der Waals surface area contributed by atoms with Gasteiger partial charge in [0.2, 0.25) is 0 Å². The lowest BCUT2D eigenvalue weighted by molar-refractivity contribution is 0.102. The van der Waals surface area contributed by atoms with Gasteiger partial charge in [0, 0.05) is 16.9 Å². The number of alkyl halides is 1. The lowest BCUT2D eigenvalue weighted by atomic mass is 10.0. The SMILES string of the molecule is O=C(CCl)c1ccc2c(c1)CCc1ccccc1N2. The van der Waals surface area contributed by atoms with Gasteiger partial charge in [0.1, 0.15) is 0 Å². The fraction of sp³-hybridized carbons (Fsp3) is 0.188. The first-order valence-electron chi connectivity index (χ1n) is 6.35. The summed E-state index contributed by atoms with van der Waals surface area (Å²) in [7, 11) is 0. The fourth-order valence-corrected chi connectivity index (χ4v) is 2.60. The Morgan fingerprint density at radius 2 is 1.79 bits per heavy atom. The van der Waals surface area contributed by atoms with E-state index in [1.165, 1.54) is 11.1 Å². The summed E-state index contributed by atoms with van der Waals surface area (Å²) in [4.78, 5) is 11.7. The quantitative estimate of drug-likeness (QED) is 0.662. The van der Waals surface area contributed by atoms with E-state index in [9.17, 15) is 4.79 Å². The number of halogens is 1. The number of aryl methyl sites for hydroxylation is 2. The predicted octanol–water partition coefficient (Wildman–Crippen LogP) is 3.95. The van der Waals surface area contributed by atoms with Gasteiger partial charge in [-0.05, 0) is 48.2 Å². The second kappa shape index (κ2) is 5.06. The molecule has 0 amide bonds. The third-order valence-corrected chi connectivity index (χ3v) is 3.74. The number of hydrogen-bond donors (Lipinski definition) is 1. The summed E-state index contributed by atoms with van der Waals surface area (Å²) in [5.41, 5.74) is 5.41. The number of nitrogens with one attached hydrogen (secondary N) is 1. The van der Waals surface area contributed by atoms with Crippen LogP contribution in [-0.2, 0) is 12.8 Å². The Kier molecular flexibility index (Phi) is 3.26. The average molecular weight is 272 g/mol. The molecule has 3 heteroatoms. The minimum absolute atomic E-state index is 0.0220. The van der Waals surface area contributed by atoms with Crippen molar-refractivity contribution in [1.82, 2.24) is 0 Å². The second-order valence-corrected chi connectivity index (χ2v) is 4.98. The monoisotopic (exact) mass is 271 g/mol.